The number of H-pyrrole nitrogens is 1. The van der Waals surface area contributed by atoms with Crippen molar-refractivity contribution in [3.05, 3.63) is 57.4 Å². The summed E-state index contributed by atoms with van der Waals surface area (Å²) in [7, 11) is 0. The highest BCUT2D eigenvalue weighted by Crippen LogP contribution is 2.31. The lowest BCUT2D eigenvalue weighted by Gasteiger charge is -2.22. The van der Waals surface area contributed by atoms with Gasteiger partial charge in [-0.05, 0) is 31.5 Å². The van der Waals surface area contributed by atoms with Crippen LogP contribution in [0, 0.1) is 0 Å². The zero-order chi connectivity index (χ0) is 15.7. The van der Waals surface area contributed by atoms with Crippen LogP contribution in [0.3, 0.4) is 0 Å². The molecule has 0 bridgehead atoms. The first-order chi connectivity index (χ1) is 10.6. The zero-order valence-electron chi connectivity index (χ0n) is 12.0. The van der Waals surface area contributed by atoms with Crippen molar-refractivity contribution in [2.75, 3.05) is 6.61 Å². The fourth-order valence-electron chi connectivity index (χ4n) is 2.72. The van der Waals surface area contributed by atoms with Crippen LogP contribution in [0.15, 0.2) is 33.7 Å². The molecule has 114 valence electrons. The molecule has 6 heteroatoms. The second-order valence-electron chi connectivity index (χ2n) is 5.17. The van der Waals surface area contributed by atoms with E-state index in [1.807, 2.05) is 6.07 Å². The van der Waals surface area contributed by atoms with Gasteiger partial charge < -0.3 is 14.1 Å². The van der Waals surface area contributed by atoms with E-state index < -0.39 is 11.5 Å². The molecule has 2 aromatic rings. The summed E-state index contributed by atoms with van der Waals surface area (Å²) in [6.45, 7) is 1.83. The quantitative estimate of drug-likeness (QED) is 0.876. The van der Waals surface area contributed by atoms with Gasteiger partial charge in [0.2, 0.25) is 0 Å². The summed E-state index contributed by atoms with van der Waals surface area (Å²) in [5.74, 6) is -0.217. The van der Waals surface area contributed by atoms with Crippen molar-refractivity contribution < 1.29 is 18.7 Å². The number of rotatable bonds is 3. The van der Waals surface area contributed by atoms with Crippen LogP contribution in [0.25, 0.3) is 0 Å². The predicted octanol–water partition coefficient (Wildman–Crippen LogP) is 2.06. The van der Waals surface area contributed by atoms with Crippen LogP contribution in [0.1, 0.15) is 51.4 Å². The Morgan fingerprint density at radius 1 is 1.41 bits per heavy atom. The number of fused-ring (bicyclic) bond motifs is 1. The van der Waals surface area contributed by atoms with Gasteiger partial charge in [0.1, 0.15) is 11.3 Å². The lowest BCUT2D eigenvalue weighted by molar-refractivity contribution is 0.0524. The van der Waals surface area contributed by atoms with Gasteiger partial charge in [-0.25, -0.2) is 4.79 Å². The van der Waals surface area contributed by atoms with E-state index in [1.54, 1.807) is 19.3 Å². The molecule has 6 nitrogen and oxygen atoms in total. The second kappa shape index (κ2) is 5.63. The lowest BCUT2D eigenvalue weighted by atomic mass is 9.84. The lowest BCUT2D eigenvalue weighted by Crippen LogP contribution is -2.27. The van der Waals surface area contributed by atoms with Crippen molar-refractivity contribution in [3.63, 3.8) is 0 Å². The van der Waals surface area contributed by atoms with Crippen LogP contribution in [-0.2, 0) is 11.2 Å². The summed E-state index contributed by atoms with van der Waals surface area (Å²) < 4.78 is 10.2. The number of hydrogen-bond acceptors (Lipinski definition) is 5. The van der Waals surface area contributed by atoms with Gasteiger partial charge in [-0.2, -0.15) is 0 Å². The van der Waals surface area contributed by atoms with Gasteiger partial charge in [0.25, 0.3) is 5.56 Å². The van der Waals surface area contributed by atoms with Gasteiger partial charge >= 0.3 is 5.97 Å². The summed E-state index contributed by atoms with van der Waals surface area (Å²) in [6, 6.07) is 4.92. The Kier molecular flexibility index (Phi) is 3.66. The van der Waals surface area contributed by atoms with Gasteiger partial charge in [-0.15, -0.1) is 0 Å². The first kappa shape index (κ1) is 14.3. The SMILES string of the molecule is CCOC(=O)c1cc2c([nH]c1=O)C[C@H](c1ccco1)CC2=O. The minimum atomic E-state index is -0.715. The number of carbonyl (C=O) groups is 2. The van der Waals surface area contributed by atoms with Crippen molar-refractivity contribution in [3.8, 4) is 0 Å². The zero-order valence-corrected chi connectivity index (χ0v) is 12.0. The summed E-state index contributed by atoms with van der Waals surface area (Å²) in [4.78, 5) is 38.7. The van der Waals surface area contributed by atoms with Gasteiger partial charge in [0.05, 0.1) is 12.9 Å². The van der Waals surface area contributed by atoms with Gasteiger partial charge in [-0.1, -0.05) is 0 Å². The Morgan fingerprint density at radius 3 is 2.91 bits per heavy atom. The van der Waals surface area contributed by atoms with E-state index >= 15 is 0 Å². The molecule has 3 rings (SSSR count). The second-order valence-corrected chi connectivity index (χ2v) is 5.17. The van der Waals surface area contributed by atoms with E-state index in [1.165, 1.54) is 6.07 Å². The molecule has 0 fully saturated rings. The molecule has 22 heavy (non-hydrogen) atoms. The number of pyridine rings is 1. The van der Waals surface area contributed by atoms with Crippen molar-refractivity contribution in [2.24, 2.45) is 0 Å². The monoisotopic (exact) mass is 301 g/mol. The largest absolute Gasteiger partial charge is 0.469 e. The third-order valence-electron chi connectivity index (χ3n) is 3.75. The molecule has 0 radical (unpaired) electrons. The summed E-state index contributed by atoms with van der Waals surface area (Å²) >= 11 is 0. The Labute approximate surface area is 126 Å². The van der Waals surface area contributed by atoms with E-state index in [9.17, 15) is 14.4 Å². The topological polar surface area (TPSA) is 89.4 Å². The molecule has 0 aliphatic heterocycles. The van der Waals surface area contributed by atoms with Crippen molar-refractivity contribution >= 4 is 11.8 Å². The molecule has 1 N–H and O–H groups in total. The van der Waals surface area contributed by atoms with E-state index in [-0.39, 0.29) is 30.3 Å². The standard InChI is InChI=1S/C16H15NO5/c1-2-21-16(20)11-8-10-12(17-15(11)19)6-9(7-13(10)18)14-4-3-5-22-14/h3-5,8-9H,2,6-7H2,1H3,(H,17,19)/t9-/m0/s1. The maximum absolute atomic E-state index is 12.3. The fourth-order valence-corrected chi connectivity index (χ4v) is 2.72. The third kappa shape index (κ3) is 2.47. The molecule has 2 heterocycles. The molecule has 1 aliphatic rings. The van der Waals surface area contributed by atoms with Crippen molar-refractivity contribution in [1.82, 2.24) is 4.98 Å². The van der Waals surface area contributed by atoms with E-state index in [2.05, 4.69) is 4.98 Å². The highest BCUT2D eigenvalue weighted by molar-refractivity contribution is 6.01. The van der Waals surface area contributed by atoms with Crippen molar-refractivity contribution in [1.29, 1.82) is 0 Å². The number of aromatic nitrogens is 1. The number of hydrogen-bond donors (Lipinski definition) is 1. The number of nitrogens with one attached hydrogen (secondary N) is 1. The predicted molar refractivity (Wildman–Crippen MR) is 77.1 cm³/mol. The minimum absolute atomic E-state index is 0.0981. The molecule has 0 amide bonds. The smallest absolute Gasteiger partial charge is 0.343 e. The molecule has 1 atom stereocenters. The van der Waals surface area contributed by atoms with Crippen LogP contribution in [0.2, 0.25) is 0 Å². The molecular formula is C16H15NO5. The average molecular weight is 301 g/mol. The normalized spacial score (nSPS) is 17.1. The first-order valence-electron chi connectivity index (χ1n) is 7.10. The first-order valence-corrected chi connectivity index (χ1v) is 7.10. The van der Waals surface area contributed by atoms with Gasteiger partial charge in [-0.3, -0.25) is 9.59 Å². The number of carbonyl (C=O) groups excluding carboxylic acids is 2. The molecule has 1 aliphatic carbocycles. The molecule has 0 unspecified atom stereocenters. The maximum atomic E-state index is 12.3. The Hall–Kier alpha value is -2.63. The van der Waals surface area contributed by atoms with E-state index in [0.29, 0.717) is 23.4 Å². The highest BCUT2D eigenvalue weighted by atomic mass is 16.5. The summed E-state index contributed by atoms with van der Waals surface area (Å²) in [6.07, 6.45) is 2.34. The molecular weight excluding hydrogens is 286 g/mol. The van der Waals surface area contributed by atoms with Crippen LogP contribution < -0.4 is 5.56 Å². The number of Topliss-reactive ketones (excluding diaryl/α,β-unsaturated/α-hetero) is 1. The van der Waals surface area contributed by atoms with Crippen LogP contribution in [-0.4, -0.2) is 23.3 Å². The maximum Gasteiger partial charge on any atom is 0.343 e. The molecule has 0 saturated heterocycles. The third-order valence-corrected chi connectivity index (χ3v) is 3.75. The number of ether oxygens (including phenoxy) is 1. The number of ketones is 1. The number of furan rings is 1. The Morgan fingerprint density at radius 2 is 2.23 bits per heavy atom. The molecule has 0 saturated carbocycles. The number of esters is 1. The van der Waals surface area contributed by atoms with Crippen molar-refractivity contribution in [2.45, 2.75) is 25.7 Å². The van der Waals surface area contributed by atoms with Gasteiger partial charge in [0, 0.05) is 23.6 Å². The average Bonchev–Trinajstić information content (AvgIpc) is 3.00. The molecule has 0 aromatic carbocycles. The van der Waals surface area contributed by atoms with Crippen LogP contribution >= 0.6 is 0 Å². The van der Waals surface area contributed by atoms with E-state index in [0.717, 1.165) is 0 Å². The number of aromatic amines is 1. The van der Waals surface area contributed by atoms with Crippen LogP contribution in [0.4, 0.5) is 0 Å². The van der Waals surface area contributed by atoms with Crippen LogP contribution in [0.5, 0.6) is 0 Å². The summed E-state index contributed by atoms with van der Waals surface area (Å²) in [5.41, 5.74) is 0.247. The van der Waals surface area contributed by atoms with Gasteiger partial charge in [0.15, 0.2) is 5.78 Å². The Balaban J connectivity index is 1.98. The van der Waals surface area contributed by atoms with E-state index in [4.69, 9.17) is 9.15 Å². The minimum Gasteiger partial charge on any atom is -0.469 e. The molecule has 2 aromatic heterocycles. The fraction of sp³-hybridized carbons (Fsp3) is 0.312. The highest BCUT2D eigenvalue weighted by Gasteiger charge is 2.30. The molecule has 0 spiro atoms. The summed E-state index contributed by atoms with van der Waals surface area (Å²) in [5, 5.41) is 0. The Bertz CT molecular complexity index is 772.